The van der Waals surface area contributed by atoms with Gasteiger partial charge in [-0.05, 0) is 123 Å². The zero-order chi connectivity index (χ0) is 49.2. The maximum absolute atomic E-state index is 12.3. The van der Waals surface area contributed by atoms with Crippen molar-refractivity contribution in [3.8, 4) is 67.5 Å². The summed E-state index contributed by atoms with van der Waals surface area (Å²) in [6.45, 7) is 22.6. The van der Waals surface area contributed by atoms with E-state index in [4.69, 9.17) is 15.5 Å². The molecule has 0 aliphatic carbocycles. The first-order valence-corrected chi connectivity index (χ1v) is 22.7. The van der Waals surface area contributed by atoms with E-state index in [0.717, 1.165) is 72.5 Å². The first-order chi connectivity index (χ1) is 31.9. The Balaban J connectivity index is 0.00000703. The molecule has 0 saturated heterocycles. The molecule has 0 spiro atoms. The van der Waals surface area contributed by atoms with Crippen molar-refractivity contribution in [2.24, 2.45) is 0 Å². The molecule has 5 heteroatoms. The van der Waals surface area contributed by atoms with Gasteiger partial charge in [-0.25, -0.2) is 4.98 Å². The summed E-state index contributed by atoms with van der Waals surface area (Å²) in [7, 11) is 0. The van der Waals surface area contributed by atoms with E-state index < -0.39 is 12.7 Å². The quantitative estimate of drug-likeness (QED) is 0.139. The van der Waals surface area contributed by atoms with Gasteiger partial charge >= 0.3 is 0 Å². The molecule has 0 radical (unpaired) electrons. The van der Waals surface area contributed by atoms with Gasteiger partial charge in [0, 0.05) is 38.4 Å². The Hall–Kier alpha value is -5.57. The van der Waals surface area contributed by atoms with E-state index >= 15 is 0 Å². The van der Waals surface area contributed by atoms with Crippen molar-refractivity contribution < 1.29 is 31.7 Å². The van der Waals surface area contributed by atoms with Crippen LogP contribution in [0.3, 0.4) is 0 Å². The second kappa shape index (κ2) is 18.7. The Bertz CT molecular complexity index is 3190. The topological polar surface area (TPSA) is 50.9 Å². The zero-order valence-electron chi connectivity index (χ0n) is 43.9. The summed E-state index contributed by atoms with van der Waals surface area (Å²) in [6.07, 6.45) is 1.85. The van der Waals surface area contributed by atoms with Crippen LogP contribution < -0.4 is 0 Å². The smallest absolute Gasteiger partial charge is 0.148 e. The average Bonchev–Trinajstić information content (AvgIpc) is 3.67. The summed E-state index contributed by atoms with van der Waals surface area (Å²) in [5.74, 6) is 0.0476. The van der Waals surface area contributed by atoms with Gasteiger partial charge in [0.1, 0.15) is 11.6 Å². The molecule has 0 bridgehead atoms. The van der Waals surface area contributed by atoms with E-state index in [2.05, 4.69) is 136 Å². The Morgan fingerprint density at radius 1 is 0.662 bits per heavy atom. The van der Waals surface area contributed by atoms with Gasteiger partial charge in [-0.2, -0.15) is 0 Å². The normalized spacial score (nSPS) is 13.2. The Morgan fingerprint density at radius 3 is 1.98 bits per heavy atom. The summed E-state index contributed by atoms with van der Waals surface area (Å²) in [5.41, 5.74) is 15.3. The van der Waals surface area contributed by atoms with Crippen LogP contribution in [0.1, 0.15) is 144 Å². The molecular formula is C60H64N3OPt-. The van der Waals surface area contributed by atoms with Crippen LogP contribution in [-0.2, 0) is 26.5 Å². The minimum Gasteiger partial charge on any atom is -0.507 e. The van der Waals surface area contributed by atoms with E-state index in [1.165, 1.54) is 5.56 Å². The Kier molecular flexibility index (Phi) is 12.1. The third-order valence-electron chi connectivity index (χ3n) is 12.6. The molecule has 6 aromatic carbocycles. The van der Waals surface area contributed by atoms with E-state index in [1.54, 1.807) is 6.07 Å². The average molecular weight is 1040 g/mol. The number of pyridine rings is 1. The minimum atomic E-state index is -2.54. The monoisotopic (exact) mass is 1040 g/mol. The van der Waals surface area contributed by atoms with Crippen molar-refractivity contribution in [2.45, 2.75) is 119 Å². The van der Waals surface area contributed by atoms with Gasteiger partial charge in [-0.15, -0.1) is 29.3 Å². The van der Waals surface area contributed by atoms with Crippen LogP contribution >= 0.6 is 0 Å². The fourth-order valence-corrected chi connectivity index (χ4v) is 8.51. The number of hydrogen-bond acceptors (Lipinski definition) is 3. The van der Waals surface area contributed by atoms with E-state index in [-0.39, 0.29) is 55.5 Å². The van der Waals surface area contributed by atoms with Gasteiger partial charge in [-0.3, -0.25) is 9.55 Å². The van der Waals surface area contributed by atoms with E-state index in [1.807, 2.05) is 73.1 Å². The maximum Gasteiger partial charge on any atom is 0.148 e. The number of phenolic OH excluding ortho intramolecular Hbond substituents is 1. The molecule has 0 aliphatic heterocycles. The number of hydrogen-bond donors (Lipinski definition) is 1. The second-order valence-corrected chi connectivity index (χ2v) is 19.7. The number of nitrogens with zero attached hydrogens (tertiary/aromatic N) is 3. The van der Waals surface area contributed by atoms with Crippen molar-refractivity contribution in [1.82, 2.24) is 14.5 Å². The molecule has 0 amide bonds. The first kappa shape index (κ1) is 42.1. The largest absolute Gasteiger partial charge is 0.507 e. The summed E-state index contributed by atoms with van der Waals surface area (Å²) < 4.78 is 38.1. The molecule has 336 valence electrons. The molecule has 2 heterocycles. The standard InChI is InChI=1S/C60H64N3O.Pt/c1-35(2)44-26-45(36(3)4)28-47(27-44)42-21-22-55(40(10)25-42)63-56-16-14-15-51(57(56)62-59(63)53-33-46(37(5)6)32-52(38(7)8)58(53)64)48-29-49(31-50(30-48)60(11,12)13)54-34-43(23-24-61-54)41-19-17-39(9)18-20-41;/h14-28,30-38,64H,1-13H3;/q-1;/i10D3,35D;. The van der Waals surface area contributed by atoms with E-state index in [9.17, 15) is 5.11 Å². The fraction of sp³-hybridized carbons (Fsp3) is 0.300. The van der Waals surface area contributed by atoms with Crippen LogP contribution in [0.5, 0.6) is 5.75 Å². The van der Waals surface area contributed by atoms with Crippen molar-refractivity contribution >= 4 is 11.0 Å². The molecule has 0 saturated carbocycles. The second-order valence-electron chi connectivity index (χ2n) is 19.7. The van der Waals surface area contributed by atoms with Crippen LogP contribution in [0.2, 0.25) is 0 Å². The molecule has 8 rings (SSSR count). The van der Waals surface area contributed by atoms with Gasteiger partial charge < -0.3 is 5.11 Å². The van der Waals surface area contributed by atoms with Crippen molar-refractivity contribution in [2.75, 3.05) is 0 Å². The van der Waals surface area contributed by atoms with Crippen molar-refractivity contribution in [3.05, 3.63) is 166 Å². The molecule has 0 atom stereocenters. The summed E-state index contributed by atoms with van der Waals surface area (Å²) in [5, 5.41) is 12.3. The predicted molar refractivity (Wildman–Crippen MR) is 271 cm³/mol. The van der Waals surface area contributed by atoms with Gasteiger partial charge in [0.05, 0.1) is 22.3 Å². The third kappa shape index (κ3) is 9.57. The molecule has 0 aliphatic rings. The number of aromatic nitrogens is 3. The number of aryl methyl sites for hydroxylation is 2. The number of phenols is 1. The van der Waals surface area contributed by atoms with Gasteiger partial charge in [0.2, 0.25) is 0 Å². The van der Waals surface area contributed by atoms with Gasteiger partial charge in [0.25, 0.3) is 0 Å². The predicted octanol–water partition coefficient (Wildman–Crippen LogP) is 16.7. The molecule has 65 heavy (non-hydrogen) atoms. The first-order valence-electron chi connectivity index (χ1n) is 24.7. The van der Waals surface area contributed by atoms with Gasteiger partial charge in [-0.1, -0.05) is 166 Å². The maximum atomic E-state index is 12.3. The number of fused-ring (bicyclic) bond motifs is 1. The van der Waals surface area contributed by atoms with Crippen LogP contribution in [0.15, 0.2) is 121 Å². The molecule has 0 fully saturated rings. The number of aromatic hydroxyl groups is 1. The minimum absolute atomic E-state index is 0. The van der Waals surface area contributed by atoms with Crippen LogP contribution in [0.4, 0.5) is 0 Å². The molecule has 0 unspecified atom stereocenters. The molecule has 8 aromatic rings. The number of imidazole rings is 1. The summed E-state index contributed by atoms with van der Waals surface area (Å²) in [6, 6.07) is 42.7. The van der Waals surface area contributed by atoms with Crippen LogP contribution in [-0.4, -0.2) is 19.6 Å². The van der Waals surface area contributed by atoms with Crippen LogP contribution in [0.25, 0.3) is 72.7 Å². The SMILES string of the molecule is [2H]C([2H])([2H])c1cc(-c2cc(C(C)C)cc(C([2H])(C)C)c2)ccc1-n1c(-c2cc(C(C)C)cc(C(C)C)c2O)nc2c(-c3[c-]c(-c4cc(-c5ccc(C)cc5)ccn4)cc(C(C)(C)C)c3)cccc21.[Pt]. The zero-order valence-corrected chi connectivity index (χ0v) is 42.2. The van der Waals surface area contributed by atoms with E-state index in [0.29, 0.717) is 28.1 Å². The number of benzene rings is 6. The molecule has 2 aromatic heterocycles. The Morgan fingerprint density at radius 2 is 1.32 bits per heavy atom. The molecular weight excluding hydrogens is 974 g/mol. The third-order valence-corrected chi connectivity index (χ3v) is 12.6. The van der Waals surface area contributed by atoms with Gasteiger partial charge in [0.15, 0.2) is 0 Å². The fourth-order valence-electron chi connectivity index (χ4n) is 8.51. The number of para-hydroxylation sites is 1. The summed E-state index contributed by atoms with van der Waals surface area (Å²) in [4.78, 5) is 10.4. The molecule has 1 N–H and O–H groups in total. The van der Waals surface area contributed by atoms with Crippen LogP contribution in [0, 0.1) is 19.8 Å². The molecule has 4 nitrogen and oxygen atoms in total. The van der Waals surface area contributed by atoms with Crippen molar-refractivity contribution in [1.29, 1.82) is 0 Å². The summed E-state index contributed by atoms with van der Waals surface area (Å²) >= 11 is 0. The Labute approximate surface area is 408 Å². The number of rotatable bonds is 10. The van der Waals surface area contributed by atoms with Crippen molar-refractivity contribution in [3.63, 3.8) is 0 Å².